The minimum Gasteiger partial charge on any atom is -0.508 e. The predicted molar refractivity (Wildman–Crippen MR) is 121 cm³/mol. The van der Waals surface area contributed by atoms with Gasteiger partial charge in [-0.15, -0.1) is 0 Å². The zero-order valence-corrected chi connectivity index (χ0v) is 19.1. The van der Waals surface area contributed by atoms with E-state index in [1.807, 2.05) is 42.5 Å². The molecule has 0 radical (unpaired) electrons. The molecule has 11 nitrogen and oxygen atoms in total. The summed E-state index contributed by atoms with van der Waals surface area (Å²) < 4.78 is 17.8. The second kappa shape index (κ2) is 17.7. The molecular weight excluding hydrogens is 478 g/mol. The first-order valence-corrected chi connectivity index (χ1v) is 11.8. The average Bonchev–Trinajstić information content (AvgIpc) is 2.68. The molecule has 0 saturated carbocycles. The van der Waals surface area contributed by atoms with Crippen LogP contribution in [-0.2, 0) is 9.13 Å². The average molecular weight is 504 g/mol. The van der Waals surface area contributed by atoms with Crippen molar-refractivity contribution in [3.8, 4) is 11.5 Å². The van der Waals surface area contributed by atoms with E-state index in [0.29, 0.717) is 11.5 Å². The number of phosphoric acid groups is 2. The van der Waals surface area contributed by atoms with Crippen LogP contribution in [0.3, 0.4) is 0 Å². The third-order valence-corrected chi connectivity index (χ3v) is 2.69. The topological polar surface area (TPSA) is 213 Å². The van der Waals surface area contributed by atoms with Gasteiger partial charge in [-0.3, -0.25) is 4.79 Å². The van der Waals surface area contributed by atoms with Crippen LogP contribution < -0.4 is 0 Å². The molecule has 3 aromatic rings. The van der Waals surface area contributed by atoms with E-state index in [1.165, 1.54) is 0 Å². The first kappa shape index (κ1) is 32.3. The van der Waals surface area contributed by atoms with E-state index in [4.69, 9.17) is 48.7 Å². The van der Waals surface area contributed by atoms with E-state index in [2.05, 4.69) is 0 Å². The minimum absolute atomic E-state index is 0.121. The first-order valence-electron chi connectivity index (χ1n) is 8.70. The van der Waals surface area contributed by atoms with Gasteiger partial charge < -0.3 is 39.6 Å². The number of carbonyl (C=O) groups excluding carboxylic acids is 1. The Bertz CT molecular complexity index is 899. The van der Waals surface area contributed by atoms with Gasteiger partial charge in [0.1, 0.15) is 11.5 Å². The largest absolute Gasteiger partial charge is 0.508 e. The van der Waals surface area contributed by atoms with Crippen LogP contribution in [0.4, 0.5) is 0 Å². The van der Waals surface area contributed by atoms with Crippen molar-refractivity contribution in [2.45, 2.75) is 6.92 Å². The molecule has 8 N–H and O–H groups in total. The van der Waals surface area contributed by atoms with Gasteiger partial charge >= 0.3 is 15.6 Å². The Balaban J connectivity index is 0. The summed E-state index contributed by atoms with van der Waals surface area (Å²) in [6.45, 7) is 1.56. The SMILES string of the molecule is CC(=O)c1ccccc1.O=P(O)(O)O.O=P(O)(O)O.Oc1ccccc1.Oc1ccccc1. The maximum Gasteiger partial charge on any atom is 0.466 e. The monoisotopic (exact) mass is 504 g/mol. The van der Waals surface area contributed by atoms with E-state index >= 15 is 0 Å². The molecule has 0 spiro atoms. The van der Waals surface area contributed by atoms with Gasteiger partial charge in [-0.2, -0.15) is 0 Å². The molecule has 3 aromatic carbocycles. The van der Waals surface area contributed by atoms with E-state index in [1.54, 1.807) is 55.5 Å². The van der Waals surface area contributed by atoms with Crippen LogP contribution in [0.15, 0.2) is 91.0 Å². The molecule has 3 rings (SSSR count). The van der Waals surface area contributed by atoms with Crippen molar-refractivity contribution < 1.29 is 53.5 Å². The summed E-state index contributed by atoms with van der Waals surface area (Å²) in [6.07, 6.45) is 0. The van der Waals surface area contributed by atoms with Crippen molar-refractivity contribution in [2.75, 3.05) is 0 Å². The van der Waals surface area contributed by atoms with Crippen LogP contribution in [0, 0.1) is 0 Å². The Kier molecular flexibility index (Phi) is 17.3. The van der Waals surface area contributed by atoms with Gasteiger partial charge in [0.05, 0.1) is 0 Å². The fourth-order valence-electron chi connectivity index (χ4n) is 1.53. The Labute approximate surface area is 190 Å². The van der Waals surface area contributed by atoms with Gasteiger partial charge in [0.25, 0.3) is 0 Å². The lowest BCUT2D eigenvalue weighted by Gasteiger charge is -1.89. The van der Waals surface area contributed by atoms with E-state index in [-0.39, 0.29) is 5.78 Å². The van der Waals surface area contributed by atoms with Crippen molar-refractivity contribution in [3.05, 3.63) is 96.6 Å². The summed E-state index contributed by atoms with van der Waals surface area (Å²) in [5, 5.41) is 17.3. The van der Waals surface area contributed by atoms with Gasteiger partial charge in [0, 0.05) is 5.56 Å². The van der Waals surface area contributed by atoms with Crippen LogP contribution in [0.2, 0.25) is 0 Å². The fraction of sp³-hybridized carbons (Fsp3) is 0.0500. The molecule has 0 bridgehead atoms. The molecule has 0 aliphatic rings. The van der Waals surface area contributed by atoms with Crippen molar-refractivity contribution in [1.29, 1.82) is 0 Å². The molecule has 0 aromatic heterocycles. The normalized spacial score (nSPS) is 9.67. The molecule has 182 valence electrons. The lowest BCUT2D eigenvalue weighted by atomic mass is 10.2. The molecule has 0 atom stereocenters. The Morgan fingerprint density at radius 1 is 0.545 bits per heavy atom. The predicted octanol–water partition coefficient (Wildman–Crippen LogP) is 2.82. The van der Waals surface area contributed by atoms with Crippen molar-refractivity contribution >= 4 is 21.4 Å². The number of hydrogen-bond acceptors (Lipinski definition) is 5. The Morgan fingerprint density at radius 2 is 0.758 bits per heavy atom. The zero-order valence-electron chi connectivity index (χ0n) is 17.4. The van der Waals surface area contributed by atoms with Gasteiger partial charge in [0.15, 0.2) is 5.78 Å². The Morgan fingerprint density at radius 3 is 0.879 bits per heavy atom. The van der Waals surface area contributed by atoms with Crippen LogP contribution >= 0.6 is 15.6 Å². The number of Topliss-reactive ketones (excluding diaryl/α,β-unsaturated/α-hetero) is 1. The summed E-state index contributed by atoms with van der Waals surface area (Å²) in [6, 6.07) is 26.7. The molecule has 0 aliphatic carbocycles. The molecule has 0 aliphatic heterocycles. The van der Waals surface area contributed by atoms with Crippen molar-refractivity contribution in [2.24, 2.45) is 0 Å². The zero-order chi connectivity index (χ0) is 25.9. The number of carbonyl (C=O) groups is 1. The smallest absolute Gasteiger partial charge is 0.466 e. The highest BCUT2D eigenvalue weighted by atomic mass is 31.2. The highest BCUT2D eigenvalue weighted by molar-refractivity contribution is 7.45. The summed E-state index contributed by atoms with van der Waals surface area (Å²) in [5.41, 5.74) is 0.775. The third-order valence-electron chi connectivity index (χ3n) is 2.69. The molecule has 0 heterocycles. The summed E-state index contributed by atoms with van der Waals surface area (Å²) >= 11 is 0. The van der Waals surface area contributed by atoms with Gasteiger partial charge in [-0.1, -0.05) is 66.7 Å². The third kappa shape index (κ3) is 34.0. The first-order chi connectivity index (χ1) is 15.1. The lowest BCUT2D eigenvalue weighted by molar-refractivity contribution is 0.101. The van der Waals surface area contributed by atoms with Gasteiger partial charge in [-0.25, -0.2) is 9.13 Å². The second-order valence-electron chi connectivity index (χ2n) is 5.62. The number of phenolic OH excluding ortho intramolecular Hbond substituents is 2. The lowest BCUT2D eigenvalue weighted by Crippen LogP contribution is -1.88. The van der Waals surface area contributed by atoms with Crippen LogP contribution in [-0.4, -0.2) is 45.4 Å². The highest BCUT2D eigenvalue weighted by Crippen LogP contribution is 2.26. The fourth-order valence-corrected chi connectivity index (χ4v) is 1.53. The van der Waals surface area contributed by atoms with Crippen molar-refractivity contribution in [1.82, 2.24) is 0 Å². The molecule has 0 unspecified atom stereocenters. The number of hydrogen-bond donors (Lipinski definition) is 8. The molecule has 13 heteroatoms. The number of ketones is 1. The molecular formula is C20H26O11P2. The Hall–Kier alpha value is -2.85. The number of aromatic hydroxyl groups is 2. The van der Waals surface area contributed by atoms with Gasteiger partial charge in [-0.05, 0) is 31.2 Å². The summed E-state index contributed by atoms with van der Waals surface area (Å²) in [7, 11) is -9.28. The summed E-state index contributed by atoms with van der Waals surface area (Å²) in [5.74, 6) is 0.764. The van der Waals surface area contributed by atoms with Crippen molar-refractivity contribution in [3.63, 3.8) is 0 Å². The summed E-state index contributed by atoms with van der Waals surface area (Å²) in [4.78, 5) is 53.8. The van der Waals surface area contributed by atoms with Crippen LogP contribution in [0.25, 0.3) is 0 Å². The maximum atomic E-state index is 10.6. The number of para-hydroxylation sites is 2. The molecule has 33 heavy (non-hydrogen) atoms. The minimum atomic E-state index is -4.64. The van der Waals surface area contributed by atoms with E-state index in [9.17, 15) is 4.79 Å². The highest BCUT2D eigenvalue weighted by Gasteiger charge is 2.00. The van der Waals surface area contributed by atoms with E-state index in [0.717, 1.165) is 5.56 Å². The van der Waals surface area contributed by atoms with Crippen LogP contribution in [0.5, 0.6) is 11.5 Å². The quantitative estimate of drug-likeness (QED) is 0.178. The molecule has 0 amide bonds. The second-order valence-corrected chi connectivity index (χ2v) is 7.67. The van der Waals surface area contributed by atoms with Crippen LogP contribution in [0.1, 0.15) is 17.3 Å². The molecule has 0 fully saturated rings. The number of phenols is 2. The number of benzene rings is 3. The molecule has 0 saturated heterocycles. The standard InChI is InChI=1S/C8H8O.2C6H6O.2H3O4P/c1-7(9)8-5-3-2-4-6-8;2*7-6-4-2-1-3-5-6;2*1-5(2,3)4/h2-6H,1H3;2*1-5,7H;2*(H3,1,2,3,4). The maximum absolute atomic E-state index is 10.6. The van der Waals surface area contributed by atoms with E-state index < -0.39 is 15.6 Å². The van der Waals surface area contributed by atoms with Gasteiger partial charge in [0.2, 0.25) is 0 Å². The number of rotatable bonds is 1.